The van der Waals surface area contributed by atoms with Crippen molar-refractivity contribution in [1.29, 1.82) is 0 Å². The predicted octanol–water partition coefficient (Wildman–Crippen LogP) is 3.12. The van der Waals surface area contributed by atoms with Crippen LogP contribution in [0, 0.1) is 16.0 Å². The topological polar surface area (TPSA) is 43.1 Å². The summed E-state index contributed by atoms with van der Waals surface area (Å²) in [6.07, 6.45) is 0.821. The van der Waals surface area contributed by atoms with Gasteiger partial charge in [-0.25, -0.2) is 0 Å². The highest BCUT2D eigenvalue weighted by atomic mass is 16.6. The van der Waals surface area contributed by atoms with E-state index in [0.717, 1.165) is 23.5 Å². The Hall–Kier alpha value is -1.38. The van der Waals surface area contributed by atoms with Gasteiger partial charge in [-0.2, -0.15) is 0 Å². The Morgan fingerprint density at radius 1 is 1.36 bits per heavy atom. The summed E-state index contributed by atoms with van der Waals surface area (Å²) in [7, 11) is 0. The molecule has 0 amide bonds. The maximum atomic E-state index is 10.6. The van der Waals surface area contributed by atoms with Gasteiger partial charge in [0.05, 0.1) is 4.92 Å². The van der Waals surface area contributed by atoms with Crippen LogP contribution < -0.4 is 0 Å². The summed E-state index contributed by atoms with van der Waals surface area (Å²) in [5.41, 5.74) is 2.15. The Kier molecular flexibility index (Phi) is 3.23. The van der Waals surface area contributed by atoms with Crippen LogP contribution in [0.25, 0.3) is 0 Å². The third-order valence-electron chi connectivity index (χ3n) is 2.17. The quantitative estimate of drug-likeness (QED) is 0.545. The largest absolute Gasteiger partial charge is 0.269 e. The van der Waals surface area contributed by atoms with Crippen molar-refractivity contribution in [2.24, 2.45) is 0 Å². The summed E-state index contributed by atoms with van der Waals surface area (Å²) < 4.78 is 0. The molecule has 0 fully saturated rings. The molecule has 1 rings (SSSR count). The highest BCUT2D eigenvalue weighted by Crippen LogP contribution is 2.22. The zero-order valence-electron chi connectivity index (χ0n) is 8.70. The van der Waals surface area contributed by atoms with Gasteiger partial charge >= 0.3 is 0 Å². The Morgan fingerprint density at radius 3 is 2.43 bits per heavy atom. The molecule has 1 radical (unpaired) electrons. The molecule has 0 saturated heterocycles. The fourth-order valence-electron chi connectivity index (χ4n) is 1.27. The number of hydrogen-bond donors (Lipinski definition) is 0. The Labute approximate surface area is 83.9 Å². The first-order chi connectivity index (χ1) is 6.54. The monoisotopic (exact) mass is 192 g/mol. The van der Waals surface area contributed by atoms with Gasteiger partial charge in [-0.05, 0) is 23.5 Å². The van der Waals surface area contributed by atoms with Crippen LogP contribution in [-0.2, 0) is 6.42 Å². The molecule has 0 aliphatic carbocycles. The molecular weight excluding hydrogens is 178 g/mol. The van der Waals surface area contributed by atoms with Crippen LogP contribution >= 0.6 is 0 Å². The molecule has 0 aromatic heterocycles. The van der Waals surface area contributed by atoms with E-state index in [-0.39, 0.29) is 10.6 Å². The SMILES string of the molecule is CCc1cc([C](C)C)cc([N+](=O)[O-])c1. The third-order valence-corrected chi connectivity index (χ3v) is 2.17. The first kappa shape index (κ1) is 10.7. The van der Waals surface area contributed by atoms with Gasteiger partial charge in [-0.15, -0.1) is 0 Å². The number of nitro benzene ring substituents is 1. The molecule has 0 aliphatic heterocycles. The second kappa shape index (κ2) is 4.22. The third kappa shape index (κ3) is 2.31. The van der Waals surface area contributed by atoms with Crippen LogP contribution in [0.1, 0.15) is 31.9 Å². The molecule has 0 N–H and O–H groups in total. The van der Waals surface area contributed by atoms with Gasteiger partial charge in [0.1, 0.15) is 0 Å². The van der Waals surface area contributed by atoms with Crippen LogP contribution in [0.5, 0.6) is 0 Å². The summed E-state index contributed by atoms with van der Waals surface area (Å²) in [6.45, 7) is 5.91. The number of benzene rings is 1. The van der Waals surface area contributed by atoms with Crippen LogP contribution in [0.3, 0.4) is 0 Å². The Morgan fingerprint density at radius 2 is 2.00 bits per heavy atom. The van der Waals surface area contributed by atoms with Gasteiger partial charge in [-0.3, -0.25) is 10.1 Å². The van der Waals surface area contributed by atoms with Crippen molar-refractivity contribution in [2.75, 3.05) is 0 Å². The van der Waals surface area contributed by atoms with Gasteiger partial charge in [0.2, 0.25) is 0 Å². The zero-order valence-corrected chi connectivity index (χ0v) is 8.70. The molecule has 75 valence electrons. The maximum absolute atomic E-state index is 10.6. The lowest BCUT2D eigenvalue weighted by Gasteiger charge is -2.06. The van der Waals surface area contributed by atoms with Crippen molar-refractivity contribution in [1.82, 2.24) is 0 Å². The second-order valence-corrected chi connectivity index (χ2v) is 3.50. The van der Waals surface area contributed by atoms with Crippen molar-refractivity contribution in [3.63, 3.8) is 0 Å². The summed E-state index contributed by atoms with van der Waals surface area (Å²) >= 11 is 0. The van der Waals surface area contributed by atoms with Gasteiger partial charge in [0.25, 0.3) is 5.69 Å². The standard InChI is InChI=1S/C11H14NO2/c1-4-9-5-10(8(2)3)7-11(6-9)12(13)14/h5-7H,4H2,1-3H3. The highest BCUT2D eigenvalue weighted by molar-refractivity contribution is 5.44. The first-order valence-corrected chi connectivity index (χ1v) is 4.63. The number of nitro groups is 1. The van der Waals surface area contributed by atoms with Crippen molar-refractivity contribution >= 4 is 5.69 Å². The number of aryl methyl sites for hydroxylation is 1. The van der Waals surface area contributed by atoms with E-state index in [0.29, 0.717) is 0 Å². The van der Waals surface area contributed by atoms with E-state index in [2.05, 4.69) is 0 Å². The molecule has 0 atom stereocenters. The fourth-order valence-corrected chi connectivity index (χ4v) is 1.27. The van der Waals surface area contributed by atoms with E-state index in [1.54, 1.807) is 12.1 Å². The average molecular weight is 192 g/mol. The van der Waals surface area contributed by atoms with Crippen molar-refractivity contribution < 1.29 is 4.92 Å². The molecule has 0 unspecified atom stereocenters. The lowest BCUT2D eigenvalue weighted by Crippen LogP contribution is -1.95. The number of rotatable bonds is 3. The summed E-state index contributed by atoms with van der Waals surface area (Å²) in [4.78, 5) is 10.3. The Balaban J connectivity index is 3.20. The van der Waals surface area contributed by atoms with Crippen molar-refractivity contribution in [2.45, 2.75) is 27.2 Å². The lowest BCUT2D eigenvalue weighted by atomic mass is 9.99. The molecule has 14 heavy (non-hydrogen) atoms. The fraction of sp³-hybridized carbons (Fsp3) is 0.364. The van der Waals surface area contributed by atoms with Crippen LogP contribution in [0.4, 0.5) is 5.69 Å². The molecule has 0 spiro atoms. The Bertz CT molecular complexity index is 345. The smallest absolute Gasteiger partial charge is 0.258 e. The van der Waals surface area contributed by atoms with Gasteiger partial charge in [0.15, 0.2) is 0 Å². The van der Waals surface area contributed by atoms with Crippen molar-refractivity contribution in [3.05, 3.63) is 45.4 Å². The molecule has 0 aliphatic rings. The molecule has 0 bridgehead atoms. The predicted molar refractivity (Wildman–Crippen MR) is 56.2 cm³/mol. The number of nitrogens with zero attached hydrogens (tertiary/aromatic N) is 1. The number of non-ortho nitro benzene ring substituents is 1. The van der Waals surface area contributed by atoms with E-state index in [9.17, 15) is 10.1 Å². The maximum Gasteiger partial charge on any atom is 0.269 e. The van der Waals surface area contributed by atoms with E-state index in [1.807, 2.05) is 26.8 Å². The van der Waals surface area contributed by atoms with Crippen LogP contribution in [0.2, 0.25) is 0 Å². The molecular formula is C11H14NO2. The highest BCUT2D eigenvalue weighted by Gasteiger charge is 2.10. The van der Waals surface area contributed by atoms with Gasteiger partial charge in [-0.1, -0.05) is 26.8 Å². The molecule has 3 heteroatoms. The molecule has 0 saturated carbocycles. The van der Waals surface area contributed by atoms with E-state index < -0.39 is 0 Å². The van der Waals surface area contributed by atoms with Gasteiger partial charge < -0.3 is 0 Å². The normalized spacial score (nSPS) is 10.6. The van der Waals surface area contributed by atoms with E-state index >= 15 is 0 Å². The summed E-state index contributed by atoms with van der Waals surface area (Å²) in [6, 6.07) is 5.25. The minimum absolute atomic E-state index is 0.181. The second-order valence-electron chi connectivity index (χ2n) is 3.50. The van der Waals surface area contributed by atoms with Crippen molar-refractivity contribution in [3.8, 4) is 0 Å². The molecule has 3 nitrogen and oxygen atoms in total. The minimum Gasteiger partial charge on any atom is -0.258 e. The number of hydrogen-bond acceptors (Lipinski definition) is 2. The minimum atomic E-state index is -0.342. The van der Waals surface area contributed by atoms with E-state index in [1.165, 1.54) is 0 Å². The lowest BCUT2D eigenvalue weighted by molar-refractivity contribution is -0.385. The average Bonchev–Trinajstić information content (AvgIpc) is 2.16. The van der Waals surface area contributed by atoms with Crippen LogP contribution in [0.15, 0.2) is 18.2 Å². The zero-order chi connectivity index (χ0) is 10.7. The molecule has 0 heterocycles. The van der Waals surface area contributed by atoms with E-state index in [4.69, 9.17) is 0 Å². The van der Waals surface area contributed by atoms with Gasteiger partial charge in [0, 0.05) is 12.1 Å². The van der Waals surface area contributed by atoms with Crippen LogP contribution in [-0.4, -0.2) is 4.92 Å². The molecule has 1 aromatic rings. The molecule has 1 aromatic carbocycles. The first-order valence-electron chi connectivity index (χ1n) is 4.63. The summed E-state index contributed by atoms with van der Waals surface area (Å²) in [5, 5.41) is 10.6. The summed E-state index contributed by atoms with van der Waals surface area (Å²) in [5.74, 6) is 1.10.